The van der Waals surface area contributed by atoms with E-state index in [1.54, 1.807) is 19.1 Å². The molecule has 0 rings (SSSR count). The van der Waals surface area contributed by atoms with Crippen LogP contribution in [0.4, 0.5) is 13.2 Å². The van der Waals surface area contributed by atoms with Gasteiger partial charge in [0.1, 0.15) is 6.23 Å². The van der Waals surface area contributed by atoms with E-state index in [0.717, 1.165) is 6.08 Å². The monoisotopic (exact) mass is 235 g/mol. The van der Waals surface area contributed by atoms with E-state index in [1.807, 2.05) is 0 Å². The fourth-order valence-electron chi connectivity index (χ4n) is 0.941. The number of rotatable bonds is 5. The van der Waals surface area contributed by atoms with Crippen LogP contribution >= 0.6 is 0 Å². The molecule has 16 heavy (non-hydrogen) atoms. The Balaban J connectivity index is 4.20. The minimum atomic E-state index is -4.39. The molecule has 0 aliphatic rings. The SMILES string of the molecule is C=C(/C=C(C)\C=C\CCC(N)O)C(F)(F)F. The van der Waals surface area contributed by atoms with E-state index in [2.05, 4.69) is 6.58 Å². The summed E-state index contributed by atoms with van der Waals surface area (Å²) in [4.78, 5) is 0. The quantitative estimate of drug-likeness (QED) is 0.568. The van der Waals surface area contributed by atoms with E-state index in [-0.39, 0.29) is 0 Å². The normalized spacial score (nSPS) is 15.5. The predicted octanol–water partition coefficient (Wildman–Crippen LogP) is 2.66. The fourth-order valence-corrected chi connectivity index (χ4v) is 0.941. The minimum Gasteiger partial charge on any atom is -0.379 e. The maximum Gasteiger partial charge on any atom is 0.415 e. The number of aliphatic hydroxyl groups excluding tert-OH is 1. The smallest absolute Gasteiger partial charge is 0.379 e. The van der Waals surface area contributed by atoms with Crippen molar-refractivity contribution in [1.82, 2.24) is 0 Å². The Labute approximate surface area is 93.0 Å². The van der Waals surface area contributed by atoms with Crippen LogP contribution in [0.25, 0.3) is 0 Å². The Bertz CT molecular complexity index is 290. The van der Waals surface area contributed by atoms with E-state index in [0.29, 0.717) is 18.4 Å². The molecule has 0 aliphatic heterocycles. The first kappa shape index (κ1) is 14.9. The Morgan fingerprint density at radius 3 is 2.50 bits per heavy atom. The minimum absolute atomic E-state index is 0.379. The number of hydrogen-bond donors (Lipinski definition) is 2. The Morgan fingerprint density at radius 2 is 2.06 bits per heavy atom. The molecule has 0 saturated carbocycles. The highest BCUT2D eigenvalue weighted by molar-refractivity contribution is 5.29. The second-order valence-corrected chi connectivity index (χ2v) is 3.46. The van der Waals surface area contributed by atoms with E-state index >= 15 is 0 Å². The largest absolute Gasteiger partial charge is 0.415 e. The zero-order chi connectivity index (χ0) is 12.8. The average molecular weight is 235 g/mol. The molecule has 0 aliphatic carbocycles. The lowest BCUT2D eigenvalue weighted by Gasteiger charge is -2.05. The van der Waals surface area contributed by atoms with E-state index in [1.165, 1.54) is 0 Å². The van der Waals surface area contributed by atoms with Gasteiger partial charge in [-0.25, -0.2) is 0 Å². The topological polar surface area (TPSA) is 46.2 Å². The molecule has 3 N–H and O–H groups in total. The van der Waals surface area contributed by atoms with Crippen LogP contribution in [0, 0.1) is 0 Å². The Morgan fingerprint density at radius 1 is 1.50 bits per heavy atom. The molecule has 0 aromatic carbocycles. The van der Waals surface area contributed by atoms with Crippen LogP contribution < -0.4 is 5.73 Å². The summed E-state index contributed by atoms with van der Waals surface area (Å²) < 4.78 is 36.3. The summed E-state index contributed by atoms with van der Waals surface area (Å²) in [5.74, 6) is 0. The number of nitrogens with two attached hydrogens (primary N) is 1. The maximum atomic E-state index is 12.1. The number of hydrogen-bond acceptors (Lipinski definition) is 2. The van der Waals surface area contributed by atoms with Crippen molar-refractivity contribution in [2.45, 2.75) is 32.2 Å². The molecule has 1 atom stereocenters. The summed E-state index contributed by atoms with van der Waals surface area (Å²) in [6.45, 7) is 4.48. The van der Waals surface area contributed by atoms with Gasteiger partial charge in [-0.15, -0.1) is 0 Å². The van der Waals surface area contributed by atoms with Gasteiger partial charge in [-0.1, -0.05) is 24.3 Å². The third-order valence-corrected chi connectivity index (χ3v) is 1.78. The lowest BCUT2D eigenvalue weighted by molar-refractivity contribution is -0.0878. The van der Waals surface area contributed by atoms with Crippen molar-refractivity contribution in [1.29, 1.82) is 0 Å². The summed E-state index contributed by atoms with van der Waals surface area (Å²) in [6.07, 6.45) is -0.215. The number of halogens is 3. The molecule has 5 heteroatoms. The molecule has 0 spiro atoms. The van der Waals surface area contributed by atoms with E-state index in [4.69, 9.17) is 10.8 Å². The lowest BCUT2D eigenvalue weighted by atomic mass is 10.1. The number of alkyl halides is 3. The summed E-state index contributed by atoms with van der Waals surface area (Å²) in [5, 5.41) is 8.74. The summed E-state index contributed by atoms with van der Waals surface area (Å²) in [5.41, 5.74) is 4.66. The summed E-state index contributed by atoms with van der Waals surface area (Å²) >= 11 is 0. The molecule has 0 fully saturated rings. The van der Waals surface area contributed by atoms with Gasteiger partial charge >= 0.3 is 6.18 Å². The summed E-state index contributed by atoms with van der Waals surface area (Å²) in [6, 6.07) is 0. The van der Waals surface area contributed by atoms with Crippen LogP contribution in [-0.2, 0) is 0 Å². The fraction of sp³-hybridized carbons (Fsp3) is 0.455. The Hall–Kier alpha value is -1.07. The average Bonchev–Trinajstić information content (AvgIpc) is 2.10. The molecule has 0 radical (unpaired) electrons. The number of aliphatic hydroxyl groups is 1. The van der Waals surface area contributed by atoms with Crippen molar-refractivity contribution in [2.24, 2.45) is 5.73 Å². The molecule has 0 aromatic heterocycles. The molecule has 0 heterocycles. The standard InChI is InChI=1S/C11H16F3NO/c1-8(5-3-4-6-10(15)16)7-9(2)11(12,13)14/h3,5,7,10,16H,2,4,6,15H2,1H3/b5-3+,8-7-. The highest BCUT2D eigenvalue weighted by Gasteiger charge is 2.29. The molecular formula is C11H16F3NO. The zero-order valence-corrected chi connectivity index (χ0v) is 9.09. The molecule has 0 aromatic rings. The predicted molar refractivity (Wildman–Crippen MR) is 57.5 cm³/mol. The van der Waals surface area contributed by atoms with Gasteiger partial charge in [-0.2, -0.15) is 13.2 Å². The van der Waals surface area contributed by atoms with Gasteiger partial charge in [-0.05, 0) is 25.8 Å². The van der Waals surface area contributed by atoms with Crippen LogP contribution in [0.2, 0.25) is 0 Å². The second kappa shape index (κ2) is 6.50. The lowest BCUT2D eigenvalue weighted by Crippen LogP contribution is -2.17. The van der Waals surface area contributed by atoms with Gasteiger partial charge in [0, 0.05) is 5.57 Å². The van der Waals surface area contributed by atoms with Crippen molar-refractivity contribution in [3.8, 4) is 0 Å². The zero-order valence-electron chi connectivity index (χ0n) is 9.09. The highest BCUT2D eigenvalue weighted by atomic mass is 19.4. The summed E-state index contributed by atoms with van der Waals surface area (Å²) in [7, 11) is 0. The van der Waals surface area contributed by atoms with Crippen LogP contribution in [0.5, 0.6) is 0 Å². The van der Waals surface area contributed by atoms with Crippen LogP contribution in [0.15, 0.2) is 36.0 Å². The van der Waals surface area contributed by atoms with Crippen molar-refractivity contribution >= 4 is 0 Å². The van der Waals surface area contributed by atoms with Crippen LogP contribution in [-0.4, -0.2) is 17.5 Å². The molecular weight excluding hydrogens is 219 g/mol. The third kappa shape index (κ3) is 7.25. The van der Waals surface area contributed by atoms with Gasteiger partial charge in [0.2, 0.25) is 0 Å². The first-order valence-corrected chi connectivity index (χ1v) is 4.78. The maximum absolute atomic E-state index is 12.1. The van der Waals surface area contributed by atoms with Crippen molar-refractivity contribution < 1.29 is 18.3 Å². The number of allylic oxidation sites excluding steroid dienone is 5. The van der Waals surface area contributed by atoms with E-state index < -0.39 is 18.0 Å². The van der Waals surface area contributed by atoms with Crippen LogP contribution in [0.1, 0.15) is 19.8 Å². The van der Waals surface area contributed by atoms with Gasteiger partial charge in [0.25, 0.3) is 0 Å². The van der Waals surface area contributed by atoms with E-state index in [9.17, 15) is 13.2 Å². The highest BCUT2D eigenvalue weighted by Crippen LogP contribution is 2.25. The third-order valence-electron chi connectivity index (χ3n) is 1.78. The first-order chi connectivity index (χ1) is 7.23. The van der Waals surface area contributed by atoms with Gasteiger partial charge in [0.15, 0.2) is 0 Å². The van der Waals surface area contributed by atoms with Gasteiger partial charge < -0.3 is 10.8 Å². The van der Waals surface area contributed by atoms with Gasteiger partial charge in [-0.3, -0.25) is 0 Å². The van der Waals surface area contributed by atoms with Crippen molar-refractivity contribution in [3.63, 3.8) is 0 Å². The van der Waals surface area contributed by atoms with Gasteiger partial charge in [0.05, 0.1) is 0 Å². The molecule has 0 saturated heterocycles. The van der Waals surface area contributed by atoms with Crippen LogP contribution in [0.3, 0.4) is 0 Å². The molecule has 0 amide bonds. The molecule has 92 valence electrons. The molecule has 0 bridgehead atoms. The van der Waals surface area contributed by atoms with Crippen molar-refractivity contribution in [2.75, 3.05) is 0 Å². The molecule has 2 nitrogen and oxygen atoms in total. The molecule has 1 unspecified atom stereocenters. The Kier molecular flexibility index (Phi) is 6.06. The second-order valence-electron chi connectivity index (χ2n) is 3.46. The first-order valence-electron chi connectivity index (χ1n) is 4.78. The van der Waals surface area contributed by atoms with Crippen molar-refractivity contribution in [3.05, 3.63) is 36.0 Å².